The Hall–Kier alpha value is -2.94. The molecule has 0 aliphatic carbocycles. The Morgan fingerprint density at radius 1 is 1.27 bits per heavy atom. The van der Waals surface area contributed by atoms with Gasteiger partial charge >= 0.3 is 0 Å². The Labute approximate surface area is 126 Å². The summed E-state index contributed by atoms with van der Waals surface area (Å²) in [5.41, 5.74) is 1.02. The molecule has 0 saturated heterocycles. The maximum atomic E-state index is 13.8. The van der Waals surface area contributed by atoms with E-state index < -0.39 is 11.9 Å². The van der Waals surface area contributed by atoms with Gasteiger partial charge in [-0.2, -0.15) is 5.26 Å². The standard InChI is InChI=1S/C16H13FN2O3/c1-21-15-8-4-7-13(17)16(15)22-10-11-5-2-3-6-12(11)14(9-18)19-20/h2-8,14H,10H2,1H3. The van der Waals surface area contributed by atoms with E-state index in [9.17, 15) is 9.30 Å². The van der Waals surface area contributed by atoms with Crippen LogP contribution in [0.3, 0.4) is 0 Å². The monoisotopic (exact) mass is 300 g/mol. The zero-order valence-electron chi connectivity index (χ0n) is 11.8. The zero-order valence-corrected chi connectivity index (χ0v) is 11.8. The second kappa shape index (κ2) is 7.18. The fourth-order valence-electron chi connectivity index (χ4n) is 2.02. The number of ether oxygens (including phenoxy) is 2. The Morgan fingerprint density at radius 2 is 2.05 bits per heavy atom. The lowest BCUT2D eigenvalue weighted by molar-refractivity contribution is 0.268. The molecule has 0 radical (unpaired) electrons. The molecule has 1 atom stereocenters. The quantitative estimate of drug-likeness (QED) is 0.762. The summed E-state index contributed by atoms with van der Waals surface area (Å²) >= 11 is 0. The van der Waals surface area contributed by atoms with E-state index in [0.29, 0.717) is 11.1 Å². The minimum atomic E-state index is -1.12. The van der Waals surface area contributed by atoms with Crippen molar-refractivity contribution in [2.75, 3.05) is 7.11 Å². The van der Waals surface area contributed by atoms with Gasteiger partial charge in [-0.25, -0.2) is 4.39 Å². The zero-order chi connectivity index (χ0) is 15.9. The van der Waals surface area contributed by atoms with Gasteiger partial charge in [0.1, 0.15) is 6.61 Å². The lowest BCUT2D eigenvalue weighted by Crippen LogP contribution is -2.04. The summed E-state index contributed by atoms with van der Waals surface area (Å²) in [4.78, 5) is 10.7. The van der Waals surface area contributed by atoms with Crippen molar-refractivity contribution in [3.05, 3.63) is 64.3 Å². The average Bonchev–Trinajstić information content (AvgIpc) is 2.55. The predicted molar refractivity (Wildman–Crippen MR) is 77.9 cm³/mol. The lowest BCUT2D eigenvalue weighted by atomic mass is 10.0. The van der Waals surface area contributed by atoms with Gasteiger partial charge in [-0.1, -0.05) is 30.3 Å². The first-order valence-electron chi connectivity index (χ1n) is 6.46. The number of rotatable bonds is 6. The van der Waals surface area contributed by atoms with E-state index >= 15 is 0 Å². The topological polar surface area (TPSA) is 71.7 Å². The first kappa shape index (κ1) is 15.4. The molecule has 0 saturated carbocycles. The van der Waals surface area contributed by atoms with Crippen molar-refractivity contribution in [2.24, 2.45) is 5.18 Å². The van der Waals surface area contributed by atoms with E-state index in [1.165, 1.54) is 19.2 Å². The van der Waals surface area contributed by atoms with Crippen LogP contribution in [0.25, 0.3) is 0 Å². The number of nitriles is 1. The summed E-state index contributed by atoms with van der Waals surface area (Å²) in [7, 11) is 1.41. The molecule has 0 aliphatic rings. The molecule has 0 amide bonds. The van der Waals surface area contributed by atoms with E-state index in [1.807, 2.05) is 6.07 Å². The van der Waals surface area contributed by atoms with Crippen molar-refractivity contribution in [1.82, 2.24) is 0 Å². The molecule has 2 rings (SSSR count). The van der Waals surface area contributed by atoms with E-state index in [-0.39, 0.29) is 18.1 Å². The predicted octanol–water partition coefficient (Wildman–Crippen LogP) is 3.74. The van der Waals surface area contributed by atoms with Crippen LogP contribution in [0, 0.1) is 22.1 Å². The van der Waals surface area contributed by atoms with Crippen LogP contribution in [0.5, 0.6) is 11.5 Å². The summed E-state index contributed by atoms with van der Waals surface area (Å²) < 4.78 is 24.3. The maximum Gasteiger partial charge on any atom is 0.203 e. The molecule has 0 bridgehead atoms. The highest BCUT2D eigenvalue weighted by atomic mass is 19.1. The van der Waals surface area contributed by atoms with Crippen LogP contribution in [0.15, 0.2) is 47.6 Å². The maximum absolute atomic E-state index is 13.8. The summed E-state index contributed by atoms with van der Waals surface area (Å²) in [6.07, 6.45) is 0. The number of nitrogens with zero attached hydrogens (tertiary/aromatic N) is 2. The molecule has 112 valence electrons. The molecule has 2 aromatic carbocycles. The van der Waals surface area contributed by atoms with Crippen LogP contribution in [-0.4, -0.2) is 7.11 Å². The molecular formula is C16H13FN2O3. The van der Waals surface area contributed by atoms with Crippen molar-refractivity contribution >= 4 is 0 Å². The van der Waals surface area contributed by atoms with Crippen LogP contribution < -0.4 is 9.47 Å². The van der Waals surface area contributed by atoms with E-state index in [2.05, 4.69) is 5.18 Å². The third kappa shape index (κ3) is 3.20. The van der Waals surface area contributed by atoms with Gasteiger partial charge in [-0.05, 0) is 22.9 Å². The van der Waals surface area contributed by atoms with E-state index in [0.717, 1.165) is 0 Å². The summed E-state index contributed by atoms with van der Waals surface area (Å²) in [6, 6.07) is 11.8. The number of benzene rings is 2. The van der Waals surface area contributed by atoms with Gasteiger partial charge in [0.25, 0.3) is 0 Å². The first-order chi connectivity index (χ1) is 10.7. The highest BCUT2D eigenvalue weighted by molar-refractivity contribution is 5.41. The van der Waals surface area contributed by atoms with Gasteiger partial charge in [0.05, 0.1) is 13.2 Å². The van der Waals surface area contributed by atoms with Crippen molar-refractivity contribution in [1.29, 1.82) is 5.26 Å². The smallest absolute Gasteiger partial charge is 0.203 e. The minimum Gasteiger partial charge on any atom is -0.493 e. The molecule has 1 unspecified atom stereocenters. The lowest BCUT2D eigenvalue weighted by Gasteiger charge is -2.13. The minimum absolute atomic E-state index is 0.0127. The van der Waals surface area contributed by atoms with Crippen molar-refractivity contribution in [3.8, 4) is 17.6 Å². The summed E-state index contributed by atoms with van der Waals surface area (Å²) in [5, 5.41) is 11.7. The number of nitroso groups, excluding NO2 is 1. The molecule has 0 spiro atoms. The van der Waals surface area contributed by atoms with Crippen LogP contribution in [0.4, 0.5) is 4.39 Å². The van der Waals surface area contributed by atoms with E-state index in [1.54, 1.807) is 30.3 Å². The molecule has 2 aromatic rings. The largest absolute Gasteiger partial charge is 0.493 e. The number of para-hydroxylation sites is 1. The number of halogens is 1. The molecule has 0 heterocycles. The van der Waals surface area contributed by atoms with Gasteiger partial charge in [0.2, 0.25) is 6.04 Å². The number of hydrogen-bond acceptors (Lipinski definition) is 5. The fraction of sp³-hybridized carbons (Fsp3) is 0.188. The highest BCUT2D eigenvalue weighted by Crippen LogP contribution is 2.31. The van der Waals surface area contributed by atoms with Crippen LogP contribution in [0.2, 0.25) is 0 Å². The third-order valence-electron chi connectivity index (χ3n) is 3.10. The SMILES string of the molecule is COc1cccc(F)c1OCc1ccccc1C(C#N)N=O. The molecule has 22 heavy (non-hydrogen) atoms. The van der Waals surface area contributed by atoms with E-state index in [4.69, 9.17) is 14.7 Å². The molecule has 5 nitrogen and oxygen atoms in total. The second-order valence-corrected chi connectivity index (χ2v) is 4.40. The molecule has 0 aromatic heterocycles. The van der Waals surface area contributed by atoms with Gasteiger partial charge in [-0.15, -0.1) is 4.91 Å². The molecule has 0 fully saturated rings. The van der Waals surface area contributed by atoms with Crippen molar-refractivity contribution in [3.63, 3.8) is 0 Å². The van der Waals surface area contributed by atoms with Gasteiger partial charge < -0.3 is 9.47 Å². The Morgan fingerprint density at radius 3 is 2.73 bits per heavy atom. The van der Waals surface area contributed by atoms with Crippen LogP contribution in [-0.2, 0) is 6.61 Å². The Bertz CT molecular complexity index is 713. The average molecular weight is 300 g/mol. The molecule has 0 N–H and O–H groups in total. The normalized spacial score (nSPS) is 11.3. The van der Waals surface area contributed by atoms with Crippen molar-refractivity contribution in [2.45, 2.75) is 12.6 Å². The number of methoxy groups -OCH3 is 1. The second-order valence-electron chi connectivity index (χ2n) is 4.40. The fourth-order valence-corrected chi connectivity index (χ4v) is 2.02. The summed E-state index contributed by atoms with van der Waals surface area (Å²) in [5.74, 6) is -0.308. The van der Waals surface area contributed by atoms with Gasteiger partial charge in [0, 0.05) is 5.56 Å². The Kier molecular flexibility index (Phi) is 5.04. The van der Waals surface area contributed by atoms with Gasteiger partial charge in [0.15, 0.2) is 17.3 Å². The van der Waals surface area contributed by atoms with Crippen molar-refractivity contribution < 1.29 is 13.9 Å². The third-order valence-corrected chi connectivity index (χ3v) is 3.10. The number of hydrogen-bond donors (Lipinski definition) is 0. The Balaban J connectivity index is 2.27. The molecular weight excluding hydrogens is 287 g/mol. The van der Waals surface area contributed by atoms with Crippen LogP contribution >= 0.6 is 0 Å². The highest BCUT2D eigenvalue weighted by Gasteiger charge is 2.16. The molecule has 6 heteroatoms. The summed E-state index contributed by atoms with van der Waals surface area (Å²) in [6.45, 7) is -0.0127. The van der Waals surface area contributed by atoms with Gasteiger partial charge in [-0.3, -0.25) is 0 Å². The first-order valence-corrected chi connectivity index (χ1v) is 6.46. The molecule has 0 aliphatic heterocycles. The van der Waals surface area contributed by atoms with Crippen LogP contribution in [0.1, 0.15) is 17.2 Å².